The summed E-state index contributed by atoms with van der Waals surface area (Å²) in [7, 11) is 1.43. The number of hydrogen-bond acceptors (Lipinski definition) is 4. The smallest absolute Gasteiger partial charge is 0.265 e. The lowest BCUT2D eigenvalue weighted by molar-refractivity contribution is 0.0935. The van der Waals surface area contributed by atoms with Crippen LogP contribution in [0.4, 0.5) is 0 Å². The van der Waals surface area contributed by atoms with Gasteiger partial charge in [0, 0.05) is 22.3 Å². The largest absolute Gasteiger partial charge is 0.492 e. The lowest BCUT2D eigenvalue weighted by Gasteiger charge is -2.14. The van der Waals surface area contributed by atoms with E-state index in [-0.39, 0.29) is 28.2 Å². The third-order valence-corrected chi connectivity index (χ3v) is 4.80. The van der Waals surface area contributed by atoms with Gasteiger partial charge in [0.05, 0.1) is 6.61 Å². The van der Waals surface area contributed by atoms with Gasteiger partial charge < -0.3 is 10.1 Å². The molecule has 0 aliphatic heterocycles. The predicted octanol–water partition coefficient (Wildman–Crippen LogP) is 2.54. The number of halogens is 1. The van der Waals surface area contributed by atoms with Crippen molar-refractivity contribution < 1.29 is 17.9 Å². The number of hydrogen-bond donors (Lipinski definition) is 1. The molecule has 1 aromatic rings. The Labute approximate surface area is 129 Å². The Morgan fingerprint density at radius 2 is 2.14 bits per heavy atom. The molecule has 0 bridgehead atoms. The Kier molecular flexibility index (Phi) is 4.78. The van der Waals surface area contributed by atoms with Crippen LogP contribution in [0.25, 0.3) is 0 Å². The molecule has 1 saturated carbocycles. The van der Waals surface area contributed by atoms with Crippen LogP contribution in [0.1, 0.15) is 37.0 Å². The third-order valence-electron chi connectivity index (χ3n) is 3.46. The van der Waals surface area contributed by atoms with Gasteiger partial charge in [0.2, 0.25) is 0 Å². The minimum atomic E-state index is -3.98. The van der Waals surface area contributed by atoms with Crippen molar-refractivity contribution in [3.05, 3.63) is 23.8 Å². The van der Waals surface area contributed by atoms with Crippen LogP contribution in [-0.4, -0.2) is 27.0 Å². The maximum Gasteiger partial charge on any atom is 0.265 e. The van der Waals surface area contributed by atoms with Crippen LogP contribution in [-0.2, 0) is 9.05 Å². The van der Waals surface area contributed by atoms with Gasteiger partial charge in [-0.2, -0.15) is 0 Å². The van der Waals surface area contributed by atoms with Crippen molar-refractivity contribution in [2.45, 2.75) is 37.6 Å². The fourth-order valence-electron chi connectivity index (χ4n) is 2.12. The maximum atomic E-state index is 12.1. The van der Waals surface area contributed by atoms with Crippen molar-refractivity contribution >= 4 is 25.6 Å². The summed E-state index contributed by atoms with van der Waals surface area (Å²) >= 11 is 0. The van der Waals surface area contributed by atoms with Crippen LogP contribution in [0.15, 0.2) is 23.1 Å². The molecule has 1 atom stereocenters. The number of carbonyl (C=O) groups is 1. The topological polar surface area (TPSA) is 72.5 Å². The van der Waals surface area contributed by atoms with Gasteiger partial charge in [-0.05, 0) is 50.8 Å². The summed E-state index contributed by atoms with van der Waals surface area (Å²) in [6.07, 6.45) is 2.23. The highest BCUT2D eigenvalue weighted by molar-refractivity contribution is 8.13. The third kappa shape index (κ3) is 4.11. The molecule has 0 radical (unpaired) electrons. The first kappa shape index (κ1) is 16.1. The Morgan fingerprint density at radius 1 is 1.48 bits per heavy atom. The summed E-state index contributed by atoms with van der Waals surface area (Å²) in [4.78, 5) is 12.0. The molecule has 1 unspecified atom stereocenters. The molecule has 1 N–H and O–H groups in total. The van der Waals surface area contributed by atoms with Crippen LogP contribution in [0.3, 0.4) is 0 Å². The lowest BCUT2D eigenvalue weighted by Crippen LogP contribution is -2.34. The normalized spacial score (nSPS) is 16.3. The van der Waals surface area contributed by atoms with Crippen molar-refractivity contribution in [2.24, 2.45) is 5.92 Å². The second-order valence-corrected chi connectivity index (χ2v) is 7.67. The van der Waals surface area contributed by atoms with Crippen LogP contribution in [0, 0.1) is 5.92 Å². The predicted molar refractivity (Wildman–Crippen MR) is 80.3 cm³/mol. The molecule has 1 aromatic carbocycles. The molecule has 0 aromatic heterocycles. The van der Waals surface area contributed by atoms with Crippen LogP contribution >= 0.6 is 10.7 Å². The molecule has 0 spiro atoms. The number of amides is 1. The molecule has 1 aliphatic rings. The molecule has 0 heterocycles. The SMILES string of the molecule is CCOc1ccc(C(=O)NC(C)C2CC2)cc1S(=O)(=O)Cl. The zero-order valence-corrected chi connectivity index (χ0v) is 13.5. The van der Waals surface area contributed by atoms with Crippen molar-refractivity contribution in [1.82, 2.24) is 5.32 Å². The van der Waals surface area contributed by atoms with E-state index in [2.05, 4.69) is 5.32 Å². The van der Waals surface area contributed by atoms with E-state index in [9.17, 15) is 13.2 Å². The van der Waals surface area contributed by atoms with Gasteiger partial charge >= 0.3 is 0 Å². The summed E-state index contributed by atoms with van der Waals surface area (Å²) in [5.74, 6) is 0.367. The second kappa shape index (κ2) is 6.23. The highest BCUT2D eigenvalue weighted by atomic mass is 35.7. The highest BCUT2D eigenvalue weighted by Crippen LogP contribution is 2.33. The summed E-state index contributed by atoms with van der Waals surface area (Å²) in [5.41, 5.74) is 0.255. The summed E-state index contributed by atoms with van der Waals surface area (Å²) in [6.45, 7) is 4.00. The van der Waals surface area contributed by atoms with Crippen LogP contribution < -0.4 is 10.1 Å². The van der Waals surface area contributed by atoms with Gasteiger partial charge in [0.25, 0.3) is 15.0 Å². The molecule has 116 valence electrons. The average Bonchev–Trinajstić information content (AvgIpc) is 3.22. The van der Waals surface area contributed by atoms with Gasteiger partial charge in [-0.15, -0.1) is 0 Å². The first-order chi connectivity index (χ1) is 9.82. The molecule has 7 heteroatoms. The molecular weight excluding hydrogens is 314 g/mol. The van der Waals surface area contributed by atoms with Crippen molar-refractivity contribution in [3.63, 3.8) is 0 Å². The quantitative estimate of drug-likeness (QED) is 0.813. The minimum Gasteiger partial charge on any atom is -0.492 e. The first-order valence-corrected chi connectivity index (χ1v) is 9.16. The van der Waals surface area contributed by atoms with Gasteiger partial charge in [-0.1, -0.05) is 0 Å². The van der Waals surface area contributed by atoms with E-state index >= 15 is 0 Å². The standard InChI is InChI=1S/C14H18ClNO4S/c1-3-20-12-7-6-11(8-13(12)21(15,18)19)14(17)16-9(2)10-4-5-10/h6-10H,3-5H2,1-2H3,(H,16,17). The van der Waals surface area contributed by atoms with Crippen molar-refractivity contribution in [2.75, 3.05) is 6.61 Å². The molecule has 1 fully saturated rings. The van der Waals surface area contributed by atoms with E-state index in [0.29, 0.717) is 12.5 Å². The monoisotopic (exact) mass is 331 g/mol. The molecule has 5 nitrogen and oxygen atoms in total. The number of rotatable bonds is 6. The van der Waals surface area contributed by atoms with Crippen LogP contribution in [0.2, 0.25) is 0 Å². The number of ether oxygens (including phenoxy) is 1. The molecule has 1 amide bonds. The Morgan fingerprint density at radius 3 is 2.67 bits per heavy atom. The van der Waals surface area contributed by atoms with Crippen LogP contribution in [0.5, 0.6) is 5.75 Å². The van der Waals surface area contributed by atoms with Crippen molar-refractivity contribution in [1.29, 1.82) is 0 Å². The fraction of sp³-hybridized carbons (Fsp3) is 0.500. The van der Waals surface area contributed by atoms with E-state index in [1.807, 2.05) is 6.92 Å². The van der Waals surface area contributed by atoms with Crippen molar-refractivity contribution in [3.8, 4) is 5.75 Å². The van der Waals surface area contributed by atoms with Gasteiger partial charge in [-0.3, -0.25) is 4.79 Å². The Bertz CT molecular complexity index is 640. The summed E-state index contributed by atoms with van der Waals surface area (Å²) in [6, 6.07) is 4.32. The molecular formula is C14H18ClNO4S. The van der Waals surface area contributed by atoms with E-state index in [1.165, 1.54) is 18.2 Å². The number of benzene rings is 1. The Balaban J connectivity index is 2.26. The number of carbonyl (C=O) groups excluding carboxylic acids is 1. The molecule has 2 rings (SSSR count). The highest BCUT2D eigenvalue weighted by Gasteiger charge is 2.29. The minimum absolute atomic E-state index is 0.0835. The van der Waals surface area contributed by atoms with Gasteiger partial charge in [0.15, 0.2) is 0 Å². The maximum absolute atomic E-state index is 12.1. The van der Waals surface area contributed by atoms with Gasteiger partial charge in [0.1, 0.15) is 10.6 Å². The molecule has 0 saturated heterocycles. The van der Waals surface area contributed by atoms with E-state index < -0.39 is 9.05 Å². The molecule has 21 heavy (non-hydrogen) atoms. The second-order valence-electron chi connectivity index (χ2n) is 5.13. The zero-order chi connectivity index (χ0) is 15.6. The molecule has 1 aliphatic carbocycles. The first-order valence-electron chi connectivity index (χ1n) is 6.85. The van der Waals surface area contributed by atoms with Gasteiger partial charge in [-0.25, -0.2) is 8.42 Å². The number of nitrogens with one attached hydrogen (secondary N) is 1. The fourth-order valence-corrected chi connectivity index (χ4v) is 3.12. The average molecular weight is 332 g/mol. The van der Waals surface area contributed by atoms with E-state index in [0.717, 1.165) is 12.8 Å². The summed E-state index contributed by atoms with van der Waals surface area (Å²) < 4.78 is 28.4. The Hall–Kier alpha value is -1.27. The van der Waals surface area contributed by atoms with E-state index in [4.69, 9.17) is 15.4 Å². The summed E-state index contributed by atoms with van der Waals surface area (Å²) in [5, 5.41) is 2.87. The zero-order valence-electron chi connectivity index (χ0n) is 11.9. The lowest BCUT2D eigenvalue weighted by atomic mass is 10.1. The van der Waals surface area contributed by atoms with E-state index in [1.54, 1.807) is 6.92 Å².